The molecule has 2 aromatic heterocycles. The number of amides is 1. The molecule has 1 aromatic carbocycles. The Bertz CT molecular complexity index is 1190. The number of aromatic nitrogens is 4. The Morgan fingerprint density at radius 3 is 2.32 bits per heavy atom. The Morgan fingerprint density at radius 1 is 1.03 bits per heavy atom. The van der Waals surface area contributed by atoms with E-state index >= 15 is 0 Å². The van der Waals surface area contributed by atoms with E-state index in [-0.39, 0.29) is 56.3 Å². The first-order chi connectivity index (χ1) is 18.1. The van der Waals surface area contributed by atoms with Crippen molar-refractivity contribution in [2.75, 3.05) is 39.5 Å². The summed E-state index contributed by atoms with van der Waals surface area (Å²) in [7, 11) is 0. The van der Waals surface area contributed by atoms with Crippen molar-refractivity contribution in [3.05, 3.63) is 67.1 Å². The third-order valence-corrected chi connectivity index (χ3v) is 5.36. The highest BCUT2D eigenvalue weighted by atomic mass is 16.6. The van der Waals surface area contributed by atoms with Crippen LogP contribution in [-0.4, -0.2) is 76.4 Å². The Kier molecular flexibility index (Phi) is 8.82. The largest absolute Gasteiger partial charge is 0.460 e. The summed E-state index contributed by atoms with van der Waals surface area (Å²) in [6, 6.07) is 9.69. The summed E-state index contributed by atoms with van der Waals surface area (Å²) >= 11 is 0. The van der Waals surface area contributed by atoms with Crippen LogP contribution in [0.2, 0.25) is 0 Å². The number of benzene rings is 1. The van der Waals surface area contributed by atoms with Crippen LogP contribution in [-0.2, 0) is 16.0 Å². The van der Waals surface area contributed by atoms with Crippen LogP contribution in [0.1, 0.15) is 11.5 Å². The molecular weight excluding hydrogens is 478 g/mol. The molecule has 0 radical (unpaired) electrons. The summed E-state index contributed by atoms with van der Waals surface area (Å²) < 4.78 is 28.1. The molecule has 194 valence electrons. The average molecular weight is 508 g/mol. The maximum Gasteiger partial charge on any atom is 0.326 e. The molecule has 37 heavy (non-hydrogen) atoms. The lowest BCUT2D eigenvalue weighted by molar-refractivity contribution is -0.139. The minimum atomic E-state index is -0.372. The van der Waals surface area contributed by atoms with Gasteiger partial charge in [-0.3, -0.25) is 4.79 Å². The highest BCUT2D eigenvalue weighted by molar-refractivity contribution is 5.78. The molecule has 1 amide bonds. The number of carbonyl (C=O) groups excluding carboxylic acids is 1. The molecule has 0 aliphatic carbocycles. The van der Waals surface area contributed by atoms with Gasteiger partial charge in [0.05, 0.1) is 25.3 Å². The van der Waals surface area contributed by atoms with Crippen LogP contribution in [0, 0.1) is 6.92 Å². The van der Waals surface area contributed by atoms with E-state index < -0.39 is 0 Å². The molecule has 1 aliphatic rings. The molecule has 0 bridgehead atoms. The minimum Gasteiger partial charge on any atom is -0.460 e. The van der Waals surface area contributed by atoms with Crippen molar-refractivity contribution in [2.45, 2.75) is 19.4 Å². The van der Waals surface area contributed by atoms with Crippen molar-refractivity contribution in [3.63, 3.8) is 0 Å². The maximum atomic E-state index is 13.0. The van der Waals surface area contributed by atoms with Gasteiger partial charge in [-0.1, -0.05) is 43.5 Å². The molecule has 1 fully saturated rings. The van der Waals surface area contributed by atoms with E-state index in [2.05, 4.69) is 33.1 Å². The summed E-state index contributed by atoms with van der Waals surface area (Å²) in [4.78, 5) is 31.7. The van der Waals surface area contributed by atoms with E-state index in [0.29, 0.717) is 37.0 Å². The van der Waals surface area contributed by atoms with E-state index in [9.17, 15) is 4.79 Å². The van der Waals surface area contributed by atoms with Gasteiger partial charge in [0.25, 0.3) is 0 Å². The normalized spacial score (nSPS) is 15.2. The van der Waals surface area contributed by atoms with Gasteiger partial charge in [0.1, 0.15) is 31.7 Å². The lowest BCUT2D eigenvalue weighted by Gasteiger charge is -2.32. The summed E-state index contributed by atoms with van der Waals surface area (Å²) in [5, 5.41) is 0. The van der Waals surface area contributed by atoms with Crippen molar-refractivity contribution in [1.82, 2.24) is 24.8 Å². The number of aryl methyl sites for hydroxylation is 1. The van der Waals surface area contributed by atoms with Crippen LogP contribution in [0.15, 0.2) is 60.1 Å². The van der Waals surface area contributed by atoms with E-state index in [1.807, 2.05) is 37.3 Å². The number of nitrogens with zero attached hydrogens (tertiary/aromatic N) is 5. The van der Waals surface area contributed by atoms with Gasteiger partial charge in [0.15, 0.2) is 0 Å². The smallest absolute Gasteiger partial charge is 0.326 e. The predicted molar refractivity (Wildman–Crippen MR) is 133 cm³/mol. The van der Waals surface area contributed by atoms with Crippen molar-refractivity contribution in [2.24, 2.45) is 0 Å². The lowest BCUT2D eigenvalue weighted by Crippen LogP contribution is -2.48. The van der Waals surface area contributed by atoms with Crippen molar-refractivity contribution < 1.29 is 28.2 Å². The summed E-state index contributed by atoms with van der Waals surface area (Å²) in [5.41, 5.74) is 1.48. The first kappa shape index (κ1) is 25.8. The van der Waals surface area contributed by atoms with Crippen LogP contribution >= 0.6 is 0 Å². The second-order valence-electron chi connectivity index (χ2n) is 8.09. The van der Waals surface area contributed by atoms with E-state index in [4.69, 9.17) is 23.4 Å². The van der Waals surface area contributed by atoms with Crippen LogP contribution in [0.5, 0.6) is 18.0 Å². The molecule has 0 saturated carbocycles. The number of ether oxygens (including phenoxy) is 4. The molecule has 0 spiro atoms. The number of oxazole rings is 1. The van der Waals surface area contributed by atoms with Gasteiger partial charge < -0.3 is 28.3 Å². The summed E-state index contributed by atoms with van der Waals surface area (Å²) in [6.07, 6.45) is 2.90. The number of rotatable bonds is 12. The lowest BCUT2D eigenvalue weighted by atomic mass is 10.2. The average Bonchev–Trinajstić information content (AvgIpc) is 3.30. The van der Waals surface area contributed by atoms with Gasteiger partial charge in [-0.15, -0.1) is 15.0 Å². The molecular formula is C26H29N5O6. The highest BCUT2D eigenvalue weighted by Gasteiger charge is 2.27. The molecule has 4 rings (SSSR count). The molecule has 0 N–H and O–H groups in total. The Balaban J connectivity index is 1.35. The quantitative estimate of drug-likeness (QED) is 0.338. The second-order valence-corrected chi connectivity index (χ2v) is 8.09. The fourth-order valence-electron chi connectivity index (χ4n) is 3.55. The van der Waals surface area contributed by atoms with E-state index in [1.165, 1.54) is 0 Å². The first-order valence-electron chi connectivity index (χ1n) is 11.8. The SMILES string of the molecule is C=CCOc1nc(OCC=C)nc(OCC2CN(C(=O)Cc3nc(-c4ccccc4)oc3C)CCO2)n1. The molecule has 11 heteroatoms. The van der Waals surface area contributed by atoms with Gasteiger partial charge >= 0.3 is 18.0 Å². The van der Waals surface area contributed by atoms with Gasteiger partial charge in [-0.25, -0.2) is 4.98 Å². The molecule has 1 aliphatic heterocycles. The van der Waals surface area contributed by atoms with Gasteiger partial charge in [0, 0.05) is 12.1 Å². The maximum absolute atomic E-state index is 13.0. The predicted octanol–water partition coefficient (Wildman–Crippen LogP) is 2.81. The van der Waals surface area contributed by atoms with Crippen LogP contribution in [0.3, 0.4) is 0 Å². The molecule has 11 nitrogen and oxygen atoms in total. The summed E-state index contributed by atoms with van der Waals surface area (Å²) in [5.74, 6) is 1.06. The second kappa shape index (κ2) is 12.6. The topological polar surface area (TPSA) is 122 Å². The van der Waals surface area contributed by atoms with Crippen molar-refractivity contribution in [1.29, 1.82) is 0 Å². The third-order valence-electron chi connectivity index (χ3n) is 5.36. The third kappa shape index (κ3) is 7.14. The fourth-order valence-corrected chi connectivity index (χ4v) is 3.55. The zero-order chi connectivity index (χ0) is 26.0. The molecule has 1 atom stereocenters. The van der Waals surface area contributed by atoms with Crippen molar-refractivity contribution in [3.8, 4) is 29.5 Å². The van der Waals surface area contributed by atoms with Crippen LogP contribution in [0.4, 0.5) is 0 Å². The molecule has 1 saturated heterocycles. The molecule has 1 unspecified atom stereocenters. The van der Waals surface area contributed by atoms with E-state index in [0.717, 1.165) is 5.56 Å². The van der Waals surface area contributed by atoms with Gasteiger partial charge in [-0.05, 0) is 19.1 Å². The first-order valence-corrected chi connectivity index (χ1v) is 11.8. The zero-order valence-corrected chi connectivity index (χ0v) is 20.7. The number of carbonyl (C=O) groups is 1. The molecule has 3 aromatic rings. The fraction of sp³-hybridized carbons (Fsp3) is 0.346. The monoisotopic (exact) mass is 507 g/mol. The van der Waals surface area contributed by atoms with E-state index in [1.54, 1.807) is 17.1 Å². The highest BCUT2D eigenvalue weighted by Crippen LogP contribution is 2.22. The Morgan fingerprint density at radius 2 is 1.68 bits per heavy atom. The van der Waals surface area contributed by atoms with Gasteiger partial charge in [-0.2, -0.15) is 0 Å². The zero-order valence-electron chi connectivity index (χ0n) is 20.7. The van der Waals surface area contributed by atoms with Crippen molar-refractivity contribution >= 4 is 5.91 Å². The minimum absolute atomic E-state index is 0.0202. The molecule has 3 heterocycles. The number of hydrogen-bond acceptors (Lipinski definition) is 10. The number of hydrogen-bond donors (Lipinski definition) is 0. The van der Waals surface area contributed by atoms with Crippen LogP contribution < -0.4 is 14.2 Å². The standard InChI is InChI=1S/C26H29N5O6/c1-4-12-34-24-28-25(35-13-5-2)30-26(29-24)36-17-20-16-31(11-14-33-20)22(32)15-21-18(3)37-23(27-21)19-9-7-6-8-10-19/h4-10,20H,1-2,11-17H2,3H3. The Hall–Kier alpha value is -4.25. The van der Waals surface area contributed by atoms with Gasteiger partial charge in [0.2, 0.25) is 11.8 Å². The summed E-state index contributed by atoms with van der Waals surface area (Å²) in [6.45, 7) is 10.8. The van der Waals surface area contributed by atoms with Crippen LogP contribution in [0.25, 0.3) is 11.5 Å². The Labute approximate surface area is 214 Å². The number of morpholine rings is 1.